The number of aryl methyl sites for hydroxylation is 1. The molecule has 0 fully saturated rings. The van der Waals surface area contributed by atoms with Crippen LogP contribution in [0.2, 0.25) is 0 Å². The zero-order valence-electron chi connectivity index (χ0n) is 31.9. The van der Waals surface area contributed by atoms with Crippen LogP contribution in [0, 0.1) is 6.92 Å². The van der Waals surface area contributed by atoms with Gasteiger partial charge in [0.05, 0.1) is 0 Å². The number of anilines is 3. The van der Waals surface area contributed by atoms with E-state index in [9.17, 15) is 0 Å². The minimum Gasteiger partial charge on any atom is -0.311 e. The summed E-state index contributed by atoms with van der Waals surface area (Å²) < 4.78 is 0. The molecule has 2 heteroatoms. The second-order valence-corrected chi connectivity index (χ2v) is 18.7. The minimum absolute atomic E-state index is 1.11. The lowest BCUT2D eigenvalue weighted by Crippen LogP contribution is -2.72. The summed E-state index contributed by atoms with van der Waals surface area (Å²) in [5, 5.41) is 5.78. The number of hydrogen-bond donors (Lipinski definition) is 0. The molecule has 0 unspecified atom stereocenters. The molecular weight excluding hydrogens is 703 g/mol. The Hall–Kier alpha value is -7.00. The molecule has 1 nitrogen and oxygen atoms in total. The van der Waals surface area contributed by atoms with Crippen molar-refractivity contribution in [2.45, 2.75) is 6.92 Å². The molecule has 0 aliphatic carbocycles. The maximum absolute atomic E-state index is 2.61. The van der Waals surface area contributed by atoms with Crippen LogP contribution < -0.4 is 25.6 Å². The van der Waals surface area contributed by atoms with Gasteiger partial charge in [0, 0.05) is 17.1 Å². The third kappa shape index (κ3) is 6.12. The van der Waals surface area contributed by atoms with Gasteiger partial charge in [-0.25, -0.2) is 0 Å². The predicted octanol–water partition coefficient (Wildman–Crippen LogP) is 11.8. The Morgan fingerprint density at radius 3 is 1.07 bits per heavy atom. The summed E-state index contributed by atoms with van der Waals surface area (Å²) in [6.45, 7) is 2.23. The fourth-order valence-corrected chi connectivity index (χ4v) is 14.2. The number of nitrogens with zero attached hydrogens (tertiary/aromatic N) is 1. The highest BCUT2D eigenvalue weighted by atomic mass is 28.3. The van der Waals surface area contributed by atoms with Crippen LogP contribution in [0.5, 0.6) is 0 Å². The Morgan fingerprint density at radius 2 is 0.632 bits per heavy atom. The highest BCUT2D eigenvalue weighted by molar-refractivity contribution is 7.22. The molecule has 0 bridgehead atoms. The molecule has 0 saturated carbocycles. The van der Waals surface area contributed by atoms with Gasteiger partial charge in [-0.1, -0.05) is 200 Å². The third-order valence-corrected chi connectivity index (χ3v) is 16.5. The molecule has 57 heavy (non-hydrogen) atoms. The minimum atomic E-state index is -2.61. The maximum atomic E-state index is 2.51. The van der Waals surface area contributed by atoms with Gasteiger partial charge in [-0.2, -0.15) is 0 Å². The average Bonchev–Trinajstić information content (AvgIpc) is 3.58. The standard InChI is InChI=1S/C55H41NSi/c1-40-22-36-52-53-37-29-46(39-55(53)57(54(52)38-40,50-18-10-4-11-19-50)51-20-12-5-13-21-51)45-27-34-49(35-28-45)56(47-30-23-43(24-31-47)41-14-6-2-7-15-41)48-32-25-44(26-33-48)42-16-8-3-9-17-42/h2-39H,1H3. The van der Waals surface area contributed by atoms with Crippen LogP contribution in [0.15, 0.2) is 231 Å². The van der Waals surface area contributed by atoms with Gasteiger partial charge < -0.3 is 4.90 Å². The van der Waals surface area contributed by atoms with E-state index in [1.165, 1.54) is 70.8 Å². The lowest BCUT2D eigenvalue weighted by molar-refractivity contribution is 1.28. The first-order valence-electron chi connectivity index (χ1n) is 19.8. The van der Waals surface area contributed by atoms with E-state index in [0.717, 1.165) is 17.1 Å². The van der Waals surface area contributed by atoms with E-state index in [-0.39, 0.29) is 0 Å². The number of benzene rings is 9. The van der Waals surface area contributed by atoms with Gasteiger partial charge in [0.15, 0.2) is 8.07 Å². The maximum Gasteiger partial charge on any atom is 0.180 e. The van der Waals surface area contributed by atoms with Crippen LogP contribution in [-0.4, -0.2) is 8.07 Å². The Morgan fingerprint density at radius 1 is 0.298 bits per heavy atom. The van der Waals surface area contributed by atoms with E-state index in [4.69, 9.17) is 0 Å². The smallest absolute Gasteiger partial charge is 0.180 e. The van der Waals surface area contributed by atoms with Gasteiger partial charge in [-0.05, 0) is 109 Å². The van der Waals surface area contributed by atoms with Crippen molar-refractivity contribution < 1.29 is 0 Å². The summed E-state index contributed by atoms with van der Waals surface area (Å²) in [5.74, 6) is 0. The molecule has 0 N–H and O–H groups in total. The SMILES string of the molecule is Cc1ccc2c(c1)[Si](c1ccccc1)(c1ccccc1)c1cc(-c3ccc(N(c4ccc(-c5ccccc5)cc4)c4ccc(-c5ccccc5)cc4)cc3)ccc1-2. The van der Waals surface area contributed by atoms with E-state index in [1.54, 1.807) is 0 Å². The molecule has 0 atom stereocenters. The highest BCUT2D eigenvalue weighted by Gasteiger charge is 2.48. The summed E-state index contributed by atoms with van der Waals surface area (Å²) in [6.07, 6.45) is 0. The molecule has 10 rings (SSSR count). The Labute approximate surface area is 336 Å². The van der Waals surface area contributed by atoms with Crippen molar-refractivity contribution in [3.05, 3.63) is 236 Å². The molecule has 1 aliphatic heterocycles. The first kappa shape index (κ1) is 34.5. The first-order valence-corrected chi connectivity index (χ1v) is 21.8. The van der Waals surface area contributed by atoms with Crippen molar-refractivity contribution in [2.24, 2.45) is 0 Å². The number of rotatable bonds is 8. The second-order valence-electron chi connectivity index (χ2n) is 15.0. The summed E-state index contributed by atoms with van der Waals surface area (Å²) in [7, 11) is -2.61. The normalized spacial score (nSPS) is 12.4. The van der Waals surface area contributed by atoms with E-state index >= 15 is 0 Å². The second kappa shape index (κ2) is 14.6. The molecule has 0 spiro atoms. The van der Waals surface area contributed by atoms with Crippen molar-refractivity contribution in [1.29, 1.82) is 0 Å². The Kier molecular flexibility index (Phi) is 8.82. The van der Waals surface area contributed by atoms with Crippen molar-refractivity contribution in [3.8, 4) is 44.5 Å². The van der Waals surface area contributed by atoms with Gasteiger partial charge in [-0.3, -0.25) is 0 Å². The summed E-state index contributed by atoms with van der Waals surface area (Å²) >= 11 is 0. The van der Waals surface area contributed by atoms with Gasteiger partial charge in [0.2, 0.25) is 0 Å². The van der Waals surface area contributed by atoms with E-state index in [0.29, 0.717) is 0 Å². The third-order valence-electron chi connectivity index (χ3n) is 11.6. The van der Waals surface area contributed by atoms with Crippen molar-refractivity contribution in [2.75, 3.05) is 4.90 Å². The largest absolute Gasteiger partial charge is 0.311 e. The van der Waals surface area contributed by atoms with Gasteiger partial charge in [-0.15, -0.1) is 0 Å². The number of fused-ring (bicyclic) bond motifs is 3. The monoisotopic (exact) mass is 743 g/mol. The van der Waals surface area contributed by atoms with Crippen LogP contribution in [0.25, 0.3) is 44.5 Å². The van der Waals surface area contributed by atoms with Crippen LogP contribution in [0.4, 0.5) is 17.1 Å². The van der Waals surface area contributed by atoms with Crippen molar-refractivity contribution in [3.63, 3.8) is 0 Å². The highest BCUT2D eigenvalue weighted by Crippen LogP contribution is 2.38. The van der Waals surface area contributed by atoms with Crippen molar-refractivity contribution in [1.82, 2.24) is 0 Å². The van der Waals surface area contributed by atoms with E-state index in [2.05, 4.69) is 242 Å². The molecule has 0 radical (unpaired) electrons. The molecular formula is C55H41NSi. The summed E-state index contributed by atoms with van der Waals surface area (Å²) in [5.41, 5.74) is 14.6. The van der Waals surface area contributed by atoms with Gasteiger partial charge in [0.25, 0.3) is 0 Å². The molecule has 0 amide bonds. The summed E-state index contributed by atoms with van der Waals surface area (Å²) in [6, 6.07) is 85.0. The van der Waals surface area contributed by atoms with Crippen LogP contribution in [0.1, 0.15) is 5.56 Å². The lowest BCUT2D eigenvalue weighted by Gasteiger charge is -2.31. The Balaban J connectivity index is 1.07. The molecule has 0 saturated heterocycles. The van der Waals surface area contributed by atoms with Gasteiger partial charge in [0.1, 0.15) is 0 Å². The molecule has 270 valence electrons. The van der Waals surface area contributed by atoms with Crippen LogP contribution in [0.3, 0.4) is 0 Å². The molecule has 1 heterocycles. The van der Waals surface area contributed by atoms with Gasteiger partial charge >= 0.3 is 0 Å². The predicted molar refractivity (Wildman–Crippen MR) is 245 cm³/mol. The van der Waals surface area contributed by atoms with Crippen LogP contribution >= 0.6 is 0 Å². The molecule has 9 aromatic rings. The topological polar surface area (TPSA) is 3.24 Å². The van der Waals surface area contributed by atoms with Crippen molar-refractivity contribution >= 4 is 45.9 Å². The molecule has 9 aromatic carbocycles. The molecule has 0 aromatic heterocycles. The summed E-state index contributed by atoms with van der Waals surface area (Å²) in [4.78, 5) is 2.36. The fourth-order valence-electron chi connectivity index (χ4n) is 8.90. The zero-order chi connectivity index (χ0) is 38.2. The first-order chi connectivity index (χ1) is 28.2. The molecule has 1 aliphatic rings. The lowest BCUT2D eigenvalue weighted by atomic mass is 9.99. The zero-order valence-corrected chi connectivity index (χ0v) is 32.9. The number of hydrogen-bond acceptors (Lipinski definition) is 1. The Bertz CT molecular complexity index is 2670. The average molecular weight is 744 g/mol. The fraction of sp³-hybridized carbons (Fsp3) is 0.0182. The van der Waals surface area contributed by atoms with E-state index in [1.807, 2.05) is 0 Å². The van der Waals surface area contributed by atoms with E-state index < -0.39 is 8.07 Å². The van der Waals surface area contributed by atoms with Crippen LogP contribution in [-0.2, 0) is 0 Å². The quantitative estimate of drug-likeness (QED) is 0.140.